The summed E-state index contributed by atoms with van der Waals surface area (Å²) in [6, 6.07) is 7.17. The van der Waals surface area contributed by atoms with E-state index in [2.05, 4.69) is 4.98 Å². The maximum atomic E-state index is 14.2. The molecular formula is C29H31N3O10S. The van der Waals surface area contributed by atoms with Gasteiger partial charge in [0.1, 0.15) is 52.9 Å². The van der Waals surface area contributed by atoms with Crippen molar-refractivity contribution >= 4 is 27.5 Å². The van der Waals surface area contributed by atoms with E-state index in [9.17, 15) is 24.6 Å². The zero-order chi connectivity index (χ0) is 30.6. The summed E-state index contributed by atoms with van der Waals surface area (Å²) in [5.74, 6) is -0.576. The van der Waals surface area contributed by atoms with E-state index in [4.69, 9.17) is 23.4 Å². The Balaban J connectivity index is 1.55. The summed E-state index contributed by atoms with van der Waals surface area (Å²) in [7, 11) is 1.52. The topological polar surface area (TPSA) is 164 Å². The van der Waals surface area contributed by atoms with Crippen LogP contribution in [0, 0.1) is 6.92 Å². The Labute approximate surface area is 248 Å². The number of carboxylic acids is 1. The van der Waals surface area contributed by atoms with E-state index in [1.165, 1.54) is 38.0 Å². The molecule has 2 N–H and O–H groups in total. The van der Waals surface area contributed by atoms with Gasteiger partial charge in [0, 0.05) is 5.56 Å². The van der Waals surface area contributed by atoms with Gasteiger partial charge in [-0.3, -0.25) is 9.36 Å². The van der Waals surface area contributed by atoms with E-state index in [0.29, 0.717) is 26.6 Å². The molecule has 0 amide bonds. The summed E-state index contributed by atoms with van der Waals surface area (Å²) in [5.41, 5.74) is -2.30. The maximum absolute atomic E-state index is 14.2. The summed E-state index contributed by atoms with van der Waals surface area (Å²) in [6.07, 6.45) is -0.390. The number of hydrogen-bond acceptors (Lipinski definition) is 11. The Bertz CT molecular complexity index is 1790. The number of ether oxygens (including phenoxy) is 4. The Kier molecular flexibility index (Phi) is 7.50. The molecule has 228 valence electrons. The van der Waals surface area contributed by atoms with Crippen molar-refractivity contribution in [1.82, 2.24) is 14.1 Å². The van der Waals surface area contributed by atoms with Gasteiger partial charge >= 0.3 is 11.7 Å². The van der Waals surface area contributed by atoms with Crippen molar-refractivity contribution in [1.29, 1.82) is 0 Å². The second-order valence-electron chi connectivity index (χ2n) is 11.0. The number of hydrogen-bond donors (Lipinski definition) is 2. The lowest BCUT2D eigenvalue weighted by atomic mass is 10.0. The molecule has 0 aliphatic carbocycles. The lowest BCUT2D eigenvalue weighted by molar-refractivity contribution is -0.146. The summed E-state index contributed by atoms with van der Waals surface area (Å²) < 4.78 is 31.4. The third-order valence-electron chi connectivity index (χ3n) is 8.08. The van der Waals surface area contributed by atoms with Gasteiger partial charge in [0.25, 0.3) is 5.56 Å². The van der Waals surface area contributed by atoms with Crippen molar-refractivity contribution in [2.45, 2.75) is 63.4 Å². The molecule has 2 fully saturated rings. The number of para-hydroxylation sites is 1. The number of benzene rings is 1. The number of thiophene rings is 1. The number of aryl methyl sites for hydroxylation is 1. The van der Waals surface area contributed by atoms with Gasteiger partial charge < -0.3 is 33.6 Å². The monoisotopic (exact) mass is 613 g/mol. The molecule has 14 heteroatoms. The Morgan fingerprint density at radius 1 is 1.21 bits per heavy atom. The Hall–Kier alpha value is -3.82. The average Bonchev–Trinajstić information content (AvgIpc) is 3.77. The number of aliphatic hydroxyl groups excluding tert-OH is 1. The molecule has 6 rings (SSSR count). The highest BCUT2D eigenvalue weighted by Crippen LogP contribution is 2.39. The first-order valence-electron chi connectivity index (χ1n) is 13.7. The Morgan fingerprint density at radius 3 is 2.65 bits per heavy atom. The first kappa shape index (κ1) is 29.3. The van der Waals surface area contributed by atoms with Crippen LogP contribution >= 0.6 is 11.3 Å². The number of oxazole rings is 1. The van der Waals surface area contributed by atoms with Gasteiger partial charge in [-0.05, 0) is 32.4 Å². The van der Waals surface area contributed by atoms with E-state index >= 15 is 0 Å². The first-order valence-corrected chi connectivity index (χ1v) is 14.5. The van der Waals surface area contributed by atoms with Crippen molar-refractivity contribution in [3.05, 3.63) is 68.7 Å². The number of methoxy groups -OCH3 is 1. The first-order chi connectivity index (χ1) is 20.5. The molecule has 3 unspecified atom stereocenters. The van der Waals surface area contributed by atoms with Crippen molar-refractivity contribution < 1.29 is 38.4 Å². The van der Waals surface area contributed by atoms with Crippen LogP contribution in [-0.2, 0) is 31.1 Å². The van der Waals surface area contributed by atoms with Gasteiger partial charge in [-0.2, -0.15) is 0 Å². The van der Waals surface area contributed by atoms with Crippen LogP contribution in [0.2, 0.25) is 0 Å². The fourth-order valence-corrected chi connectivity index (χ4v) is 6.96. The summed E-state index contributed by atoms with van der Waals surface area (Å²) in [5, 5.41) is 20.5. The van der Waals surface area contributed by atoms with Gasteiger partial charge in [-0.1, -0.05) is 18.2 Å². The smallest absolute Gasteiger partial charge is 0.333 e. The number of fused-ring (bicyclic) bond motifs is 2. The highest BCUT2D eigenvalue weighted by molar-refractivity contribution is 7.22. The fourth-order valence-electron chi connectivity index (χ4n) is 5.72. The van der Waals surface area contributed by atoms with Gasteiger partial charge in [0.2, 0.25) is 5.89 Å². The molecule has 5 heterocycles. The van der Waals surface area contributed by atoms with Gasteiger partial charge in [0.15, 0.2) is 0 Å². The molecule has 2 saturated heterocycles. The number of carboxylic acid groups (broad SMARTS) is 1. The summed E-state index contributed by atoms with van der Waals surface area (Å²) >= 11 is 1.15. The highest BCUT2D eigenvalue weighted by atomic mass is 32.1. The van der Waals surface area contributed by atoms with Crippen molar-refractivity contribution in [3.8, 4) is 16.5 Å². The zero-order valence-electron chi connectivity index (χ0n) is 23.9. The number of carbonyl (C=O) groups is 1. The van der Waals surface area contributed by atoms with Crippen molar-refractivity contribution in [3.63, 3.8) is 0 Å². The molecular weight excluding hydrogens is 582 g/mol. The number of aliphatic hydroxyl groups is 1. The van der Waals surface area contributed by atoms with Crippen LogP contribution in [0.3, 0.4) is 0 Å². The van der Waals surface area contributed by atoms with Crippen LogP contribution in [0.5, 0.6) is 5.75 Å². The molecule has 5 atom stereocenters. The standard InChI is InChI=1S/C29H31N3O10S/c1-14-20-25(34)32(29(2,3)27(35)36)28(37)31(26(20)43-23(14)24-30-9-10-39-24)11-18(15-7-5-6-8-17(15)38-4)42-19-13-41-21-16(33)12-40-22(19)21/h5-10,16,18-19,21-22,33H,11-13H2,1-4H3,(H,35,36)/t16-,18?,19-,21?,22?/m0/s1. The van der Waals surface area contributed by atoms with Crippen molar-refractivity contribution in [2.75, 3.05) is 20.3 Å². The van der Waals surface area contributed by atoms with Gasteiger partial charge in [-0.25, -0.2) is 19.1 Å². The minimum absolute atomic E-state index is 0.113. The predicted molar refractivity (Wildman–Crippen MR) is 154 cm³/mol. The van der Waals surface area contributed by atoms with Crippen LogP contribution in [0.1, 0.15) is 31.1 Å². The number of aromatic nitrogens is 3. The van der Waals surface area contributed by atoms with Crippen LogP contribution in [0.25, 0.3) is 21.0 Å². The second-order valence-corrected chi connectivity index (χ2v) is 12.0. The van der Waals surface area contributed by atoms with Gasteiger partial charge in [-0.15, -0.1) is 11.3 Å². The molecule has 0 spiro atoms. The van der Waals surface area contributed by atoms with E-state index in [1.807, 2.05) is 0 Å². The molecule has 4 aromatic rings. The molecule has 0 radical (unpaired) electrons. The number of aliphatic carboxylic acids is 1. The second kappa shape index (κ2) is 11.0. The predicted octanol–water partition coefficient (Wildman–Crippen LogP) is 2.30. The third-order valence-corrected chi connectivity index (χ3v) is 9.38. The Morgan fingerprint density at radius 2 is 1.95 bits per heavy atom. The largest absolute Gasteiger partial charge is 0.496 e. The third kappa shape index (κ3) is 4.79. The van der Waals surface area contributed by atoms with Crippen LogP contribution in [0.4, 0.5) is 0 Å². The van der Waals surface area contributed by atoms with Gasteiger partial charge in [0.05, 0.1) is 43.3 Å². The van der Waals surface area contributed by atoms with Crippen LogP contribution in [-0.4, -0.2) is 75.0 Å². The quantitative estimate of drug-likeness (QED) is 0.285. The van der Waals surface area contributed by atoms with E-state index in [1.54, 1.807) is 31.2 Å². The molecule has 0 saturated carbocycles. The molecule has 3 aromatic heterocycles. The van der Waals surface area contributed by atoms with Crippen LogP contribution in [0.15, 0.2) is 50.7 Å². The van der Waals surface area contributed by atoms with Crippen molar-refractivity contribution in [2.24, 2.45) is 0 Å². The number of nitrogens with zero attached hydrogens (tertiary/aromatic N) is 3. The summed E-state index contributed by atoms with van der Waals surface area (Å²) in [4.78, 5) is 45.5. The van der Waals surface area contributed by atoms with Crippen LogP contribution < -0.4 is 16.0 Å². The molecule has 1 aromatic carbocycles. The average molecular weight is 614 g/mol. The minimum Gasteiger partial charge on any atom is -0.496 e. The molecule has 43 heavy (non-hydrogen) atoms. The lowest BCUT2D eigenvalue weighted by Gasteiger charge is -2.28. The normalized spacial score (nSPS) is 22.6. The molecule has 0 bridgehead atoms. The van der Waals surface area contributed by atoms with E-state index in [-0.39, 0.29) is 31.0 Å². The maximum Gasteiger partial charge on any atom is 0.333 e. The van der Waals surface area contributed by atoms with E-state index < -0.39 is 53.3 Å². The SMILES string of the molecule is COc1ccccc1C(Cn1c(=O)n(C(C)(C)C(=O)O)c(=O)c2c(C)c(-c3ncco3)sc21)O[C@H]1COC2C1OC[C@@H]2O. The molecule has 2 aliphatic heterocycles. The summed E-state index contributed by atoms with van der Waals surface area (Å²) in [6.45, 7) is 4.46. The zero-order valence-corrected chi connectivity index (χ0v) is 24.7. The fraction of sp³-hybridized carbons (Fsp3) is 0.448. The highest BCUT2D eigenvalue weighted by Gasteiger charge is 2.48. The van der Waals surface area contributed by atoms with E-state index in [0.717, 1.165) is 15.9 Å². The minimum atomic E-state index is -1.87. The molecule has 2 aliphatic rings. The lowest BCUT2D eigenvalue weighted by Crippen LogP contribution is -2.52. The number of rotatable bonds is 9. The molecule has 13 nitrogen and oxygen atoms in total.